The Morgan fingerprint density at radius 2 is 1.64 bits per heavy atom. The number of hydrogen-bond acceptors (Lipinski definition) is 1. The number of rotatable bonds is 2. The van der Waals surface area contributed by atoms with Gasteiger partial charge in [0.25, 0.3) is 0 Å². The number of unbranched alkanes of at least 4 members (excludes halogenated alkanes) is 2. The van der Waals surface area contributed by atoms with E-state index in [1.54, 1.807) is 0 Å². The first-order valence-corrected chi connectivity index (χ1v) is 3.69. The molecule has 0 heterocycles. The minimum absolute atomic E-state index is 0. The Bertz CT molecular complexity index is 81.3. The summed E-state index contributed by atoms with van der Waals surface area (Å²) in [6.45, 7) is 2.14. The maximum absolute atomic E-state index is 4.96. The van der Waals surface area contributed by atoms with Crippen LogP contribution in [0.1, 0.15) is 26.2 Å². The van der Waals surface area contributed by atoms with Crippen LogP contribution in [0, 0.1) is 12.3 Å². The average molecular weight is 264 g/mol. The molecule has 2 heteroatoms. The molecule has 0 saturated heterocycles. The van der Waals surface area contributed by atoms with E-state index >= 15 is 0 Å². The molecule has 1 nitrogen and oxygen atoms in total. The molecule has 0 saturated carbocycles. The second-order valence-electron chi connectivity index (χ2n) is 2.65. The topological polar surface area (TPSA) is 3.24 Å². The van der Waals surface area contributed by atoms with Crippen LogP contribution in [-0.4, -0.2) is 50.0 Å². The maximum atomic E-state index is 4.96. The van der Waals surface area contributed by atoms with Crippen LogP contribution in [0.25, 0.3) is 0 Å². The third-order valence-corrected chi connectivity index (χ3v) is 0.675. The predicted molar refractivity (Wildman–Crippen MR) is 59.3 cm³/mol. The summed E-state index contributed by atoms with van der Waals surface area (Å²) in [6.07, 6.45) is 8.30. The Hall–Kier alpha value is 0.319. The van der Waals surface area contributed by atoms with Gasteiger partial charge in [0.2, 0.25) is 0 Å². The van der Waals surface area contributed by atoms with E-state index in [0.29, 0.717) is 0 Å². The van der Waals surface area contributed by atoms with Crippen LogP contribution in [-0.2, 0) is 0 Å². The molecular formula is C9H23NSn. The summed E-state index contributed by atoms with van der Waals surface area (Å²) < 4.78 is 0. The van der Waals surface area contributed by atoms with Crippen molar-refractivity contribution in [2.24, 2.45) is 0 Å². The van der Waals surface area contributed by atoms with Crippen molar-refractivity contribution in [1.29, 1.82) is 0 Å². The molecule has 0 rings (SSSR count). The van der Waals surface area contributed by atoms with E-state index < -0.39 is 0 Å². The third-order valence-electron chi connectivity index (χ3n) is 0.675. The van der Waals surface area contributed by atoms with Crippen molar-refractivity contribution in [2.75, 3.05) is 21.1 Å². The Morgan fingerprint density at radius 1 is 1.27 bits per heavy atom. The Kier molecular flexibility index (Phi) is 26.5. The molecule has 0 amide bonds. The van der Waals surface area contributed by atoms with E-state index in [0.717, 1.165) is 6.42 Å². The first-order valence-electron chi connectivity index (χ1n) is 3.69. The number of nitrogens with zero attached hydrogens (tertiary/aromatic N) is 1. The van der Waals surface area contributed by atoms with Gasteiger partial charge in [0, 0.05) is 6.42 Å². The average Bonchev–Trinajstić information content (AvgIpc) is 1.82. The molecule has 0 bridgehead atoms. The monoisotopic (exact) mass is 265 g/mol. The van der Waals surface area contributed by atoms with E-state index in [-0.39, 0.29) is 23.9 Å². The second kappa shape index (κ2) is 16.7. The van der Waals surface area contributed by atoms with Gasteiger partial charge in [0.05, 0.1) is 0 Å². The molecule has 0 spiro atoms. The second-order valence-corrected chi connectivity index (χ2v) is 2.65. The normalized spacial score (nSPS) is 7.27. The fourth-order valence-corrected chi connectivity index (χ4v) is 0.279. The quantitative estimate of drug-likeness (QED) is 0.399. The molecular weight excluding hydrogens is 241 g/mol. The van der Waals surface area contributed by atoms with Crippen LogP contribution in [0.5, 0.6) is 0 Å². The van der Waals surface area contributed by atoms with Crippen LogP contribution < -0.4 is 0 Å². The van der Waals surface area contributed by atoms with E-state index in [2.05, 4.69) is 12.8 Å². The molecule has 0 atom stereocenters. The summed E-state index contributed by atoms with van der Waals surface area (Å²) in [5.74, 6) is 2.57. The van der Waals surface area contributed by atoms with Crippen molar-refractivity contribution in [2.45, 2.75) is 26.2 Å². The summed E-state index contributed by atoms with van der Waals surface area (Å²) >= 11 is 0. The molecule has 0 fully saturated rings. The summed E-state index contributed by atoms with van der Waals surface area (Å²) in [5.41, 5.74) is 0. The van der Waals surface area contributed by atoms with Gasteiger partial charge < -0.3 is 4.90 Å². The molecule has 0 aromatic heterocycles. The van der Waals surface area contributed by atoms with E-state index in [1.807, 2.05) is 26.0 Å². The molecule has 0 radical (unpaired) electrons. The summed E-state index contributed by atoms with van der Waals surface area (Å²) in [6, 6.07) is 0. The molecule has 0 aromatic carbocycles. The molecule has 0 aliphatic carbocycles. The molecule has 0 N–H and O–H groups in total. The van der Waals surface area contributed by atoms with Gasteiger partial charge in [0.1, 0.15) is 0 Å². The molecule has 68 valence electrons. The zero-order valence-electron chi connectivity index (χ0n) is 7.65. The first kappa shape index (κ1) is 17.4. The van der Waals surface area contributed by atoms with Crippen molar-refractivity contribution in [3.8, 4) is 12.3 Å². The number of hydrogen-bond donors (Lipinski definition) is 0. The summed E-state index contributed by atoms with van der Waals surface area (Å²) in [5, 5.41) is 0. The van der Waals surface area contributed by atoms with Gasteiger partial charge in [-0.25, -0.2) is 0 Å². The Morgan fingerprint density at radius 3 is 1.73 bits per heavy atom. The van der Waals surface area contributed by atoms with Crippen molar-refractivity contribution in [1.82, 2.24) is 4.90 Å². The van der Waals surface area contributed by atoms with Gasteiger partial charge in [-0.05, 0) is 27.6 Å². The summed E-state index contributed by atoms with van der Waals surface area (Å²) in [7, 11) is 6.00. The van der Waals surface area contributed by atoms with Gasteiger partial charge in [0.15, 0.2) is 0 Å². The SMILES string of the molecule is C#CCCCC.CN(C)C.[SnH4]. The van der Waals surface area contributed by atoms with Crippen LogP contribution >= 0.6 is 0 Å². The van der Waals surface area contributed by atoms with Crippen LogP contribution in [0.4, 0.5) is 0 Å². The molecule has 0 aromatic rings. The zero-order chi connectivity index (χ0) is 8.41. The zero-order valence-corrected chi connectivity index (χ0v) is 7.65. The summed E-state index contributed by atoms with van der Waals surface area (Å²) in [4.78, 5) is 2.00. The van der Waals surface area contributed by atoms with E-state index in [1.165, 1.54) is 12.8 Å². The minimum atomic E-state index is 0. The molecule has 0 unspecified atom stereocenters. The standard InChI is InChI=1S/C6H10.C3H9N.Sn.4H/c1-3-5-6-4-2;1-4(2)3;;;;;/h1H,4-6H2,2H3;1-3H3;;;;;. The van der Waals surface area contributed by atoms with Gasteiger partial charge in [-0.2, -0.15) is 0 Å². The van der Waals surface area contributed by atoms with E-state index in [9.17, 15) is 0 Å². The molecule has 0 aliphatic heterocycles. The van der Waals surface area contributed by atoms with Crippen LogP contribution in [0.3, 0.4) is 0 Å². The van der Waals surface area contributed by atoms with Gasteiger partial charge in [-0.1, -0.05) is 13.3 Å². The first-order chi connectivity index (χ1) is 4.65. The van der Waals surface area contributed by atoms with Gasteiger partial charge in [-0.15, -0.1) is 12.3 Å². The van der Waals surface area contributed by atoms with Crippen molar-refractivity contribution in [3.63, 3.8) is 0 Å². The van der Waals surface area contributed by atoms with E-state index in [4.69, 9.17) is 6.42 Å². The Balaban J connectivity index is -0.000000114. The van der Waals surface area contributed by atoms with Crippen LogP contribution in [0.15, 0.2) is 0 Å². The van der Waals surface area contributed by atoms with Gasteiger partial charge >= 0.3 is 23.9 Å². The van der Waals surface area contributed by atoms with Crippen LogP contribution in [0.2, 0.25) is 0 Å². The number of terminal acetylenes is 1. The van der Waals surface area contributed by atoms with Crippen molar-refractivity contribution >= 4 is 23.9 Å². The fraction of sp³-hybridized carbons (Fsp3) is 0.778. The molecule has 0 aliphatic rings. The van der Waals surface area contributed by atoms with Crippen molar-refractivity contribution < 1.29 is 0 Å². The Labute approximate surface area is 88.5 Å². The molecule has 11 heavy (non-hydrogen) atoms. The predicted octanol–water partition coefficient (Wildman–Crippen LogP) is 0.536. The van der Waals surface area contributed by atoms with Crippen molar-refractivity contribution in [3.05, 3.63) is 0 Å². The fourth-order valence-electron chi connectivity index (χ4n) is 0.279. The van der Waals surface area contributed by atoms with Gasteiger partial charge in [-0.3, -0.25) is 0 Å². The third kappa shape index (κ3) is 64.8.